The Morgan fingerprint density at radius 2 is 1.97 bits per heavy atom. The molecule has 1 aliphatic rings. The molecule has 7 heteroatoms. The van der Waals surface area contributed by atoms with Crippen molar-refractivity contribution >= 4 is 27.4 Å². The van der Waals surface area contributed by atoms with E-state index in [9.17, 15) is 0 Å². The van der Waals surface area contributed by atoms with Crippen LogP contribution in [0.5, 0.6) is 0 Å². The first kappa shape index (κ1) is 18.3. The van der Waals surface area contributed by atoms with Gasteiger partial charge in [-0.1, -0.05) is 30.3 Å². The Hall–Kier alpha value is -2.77. The number of hydrogen-bond acceptors (Lipinski definition) is 6. The zero-order chi connectivity index (χ0) is 20.0. The van der Waals surface area contributed by atoms with Crippen molar-refractivity contribution in [3.05, 3.63) is 63.8 Å². The van der Waals surface area contributed by atoms with Gasteiger partial charge in [-0.25, -0.2) is 4.68 Å². The van der Waals surface area contributed by atoms with Crippen LogP contribution in [0.3, 0.4) is 0 Å². The second-order valence-electron chi connectivity index (χ2n) is 7.72. The predicted octanol–water partition coefficient (Wildman–Crippen LogP) is 4.09. The fourth-order valence-electron chi connectivity index (χ4n) is 3.95. The molecule has 1 N–H and O–H groups in total. The number of nitrogens with zero attached hydrogens (tertiary/aromatic N) is 5. The van der Waals surface area contributed by atoms with Gasteiger partial charge in [-0.05, 0) is 44.5 Å². The van der Waals surface area contributed by atoms with Crippen LogP contribution >= 0.6 is 11.3 Å². The third kappa shape index (κ3) is 3.41. The van der Waals surface area contributed by atoms with Crippen molar-refractivity contribution in [2.75, 3.05) is 18.9 Å². The van der Waals surface area contributed by atoms with E-state index in [1.807, 2.05) is 24.6 Å². The van der Waals surface area contributed by atoms with Gasteiger partial charge in [0.15, 0.2) is 0 Å². The van der Waals surface area contributed by atoms with Crippen molar-refractivity contribution in [2.45, 2.75) is 33.4 Å². The fourth-order valence-corrected chi connectivity index (χ4v) is 5.24. The van der Waals surface area contributed by atoms with Crippen LogP contribution in [0.25, 0.3) is 16.2 Å². The lowest BCUT2D eigenvalue weighted by molar-refractivity contribution is 0.318. The van der Waals surface area contributed by atoms with Crippen LogP contribution in [-0.4, -0.2) is 38.2 Å². The topological polar surface area (TPSA) is 58.9 Å². The molecule has 1 aliphatic heterocycles. The molecule has 29 heavy (non-hydrogen) atoms. The number of benzene rings is 1. The van der Waals surface area contributed by atoms with Gasteiger partial charge in [0.05, 0.1) is 11.1 Å². The largest absolute Gasteiger partial charge is 0.365 e. The highest BCUT2D eigenvalue weighted by molar-refractivity contribution is 7.19. The van der Waals surface area contributed by atoms with Crippen LogP contribution in [0.15, 0.2) is 36.4 Å². The predicted molar refractivity (Wildman–Crippen MR) is 118 cm³/mol. The Kier molecular flexibility index (Phi) is 4.56. The summed E-state index contributed by atoms with van der Waals surface area (Å²) in [5, 5.41) is 9.37. The van der Waals surface area contributed by atoms with E-state index in [2.05, 4.69) is 52.7 Å². The molecule has 1 aromatic carbocycles. The molecule has 0 saturated carbocycles. The van der Waals surface area contributed by atoms with Gasteiger partial charge < -0.3 is 10.2 Å². The minimum absolute atomic E-state index is 0.630. The van der Waals surface area contributed by atoms with Crippen molar-refractivity contribution in [3.8, 4) is 5.95 Å². The zero-order valence-electron chi connectivity index (χ0n) is 16.9. The van der Waals surface area contributed by atoms with Crippen LogP contribution in [0.1, 0.15) is 27.4 Å². The van der Waals surface area contributed by atoms with Gasteiger partial charge in [-0.15, -0.1) is 11.3 Å². The number of rotatable bonds is 4. The Balaban J connectivity index is 1.63. The van der Waals surface area contributed by atoms with E-state index in [1.165, 1.54) is 21.4 Å². The second-order valence-corrected chi connectivity index (χ2v) is 8.81. The van der Waals surface area contributed by atoms with Gasteiger partial charge in [0.25, 0.3) is 5.95 Å². The molecule has 0 atom stereocenters. The number of aryl methyl sites for hydroxylation is 2. The summed E-state index contributed by atoms with van der Waals surface area (Å²) in [6.07, 6.45) is 1.04. The van der Waals surface area contributed by atoms with Crippen molar-refractivity contribution in [3.63, 3.8) is 0 Å². The number of fused-ring (bicyclic) bond motifs is 3. The number of anilines is 1. The van der Waals surface area contributed by atoms with E-state index in [0.29, 0.717) is 5.95 Å². The standard InChI is InChI=1S/C22H24N6S/c1-14-11-15(2)28(26-14)22-24-20(23-12-16-7-5-4-6-8-16)19-17-9-10-27(3)13-18(17)29-21(19)25-22/h4-8,11H,9-10,12-13H2,1-3H3,(H,23,24,25). The van der Waals surface area contributed by atoms with Crippen LogP contribution < -0.4 is 5.32 Å². The minimum atomic E-state index is 0.630. The smallest absolute Gasteiger partial charge is 0.254 e. The molecule has 4 heterocycles. The lowest BCUT2D eigenvalue weighted by atomic mass is 10.1. The summed E-state index contributed by atoms with van der Waals surface area (Å²) in [4.78, 5) is 14.7. The van der Waals surface area contributed by atoms with E-state index in [0.717, 1.165) is 48.1 Å². The van der Waals surface area contributed by atoms with E-state index in [4.69, 9.17) is 9.97 Å². The summed E-state index contributed by atoms with van der Waals surface area (Å²) in [6, 6.07) is 12.5. The van der Waals surface area contributed by atoms with E-state index < -0.39 is 0 Å². The molecule has 4 aromatic rings. The number of thiophene rings is 1. The average molecular weight is 405 g/mol. The average Bonchev–Trinajstić information content (AvgIpc) is 3.25. The third-order valence-corrected chi connectivity index (χ3v) is 6.49. The van der Waals surface area contributed by atoms with E-state index in [-0.39, 0.29) is 0 Å². The van der Waals surface area contributed by atoms with Gasteiger partial charge in [-0.3, -0.25) is 0 Å². The highest BCUT2D eigenvalue weighted by Gasteiger charge is 2.24. The highest BCUT2D eigenvalue weighted by Crippen LogP contribution is 2.38. The maximum Gasteiger partial charge on any atom is 0.254 e. The third-order valence-electron chi connectivity index (χ3n) is 5.38. The Morgan fingerprint density at radius 3 is 2.72 bits per heavy atom. The fraction of sp³-hybridized carbons (Fsp3) is 0.318. The summed E-state index contributed by atoms with van der Waals surface area (Å²) in [5.74, 6) is 1.54. The van der Waals surface area contributed by atoms with Gasteiger partial charge in [-0.2, -0.15) is 15.1 Å². The van der Waals surface area contributed by atoms with Gasteiger partial charge in [0.1, 0.15) is 10.6 Å². The van der Waals surface area contributed by atoms with Crippen molar-refractivity contribution in [2.24, 2.45) is 0 Å². The molecule has 0 bridgehead atoms. The van der Waals surface area contributed by atoms with E-state index in [1.54, 1.807) is 11.3 Å². The second kappa shape index (κ2) is 7.24. The summed E-state index contributed by atoms with van der Waals surface area (Å²) in [5.41, 5.74) is 4.64. The molecule has 3 aromatic heterocycles. The number of hydrogen-bond donors (Lipinski definition) is 1. The molecular weight excluding hydrogens is 380 g/mol. The summed E-state index contributed by atoms with van der Waals surface area (Å²) < 4.78 is 1.84. The maximum absolute atomic E-state index is 4.93. The summed E-state index contributed by atoms with van der Waals surface area (Å²) in [7, 11) is 2.18. The normalized spacial score (nSPS) is 14.3. The minimum Gasteiger partial charge on any atom is -0.365 e. The van der Waals surface area contributed by atoms with Crippen LogP contribution in [0, 0.1) is 13.8 Å². The van der Waals surface area contributed by atoms with Gasteiger partial charge in [0.2, 0.25) is 0 Å². The summed E-state index contributed by atoms with van der Waals surface area (Å²) >= 11 is 1.79. The van der Waals surface area contributed by atoms with Crippen LogP contribution in [0.2, 0.25) is 0 Å². The van der Waals surface area contributed by atoms with Crippen molar-refractivity contribution in [1.29, 1.82) is 0 Å². The highest BCUT2D eigenvalue weighted by atomic mass is 32.1. The molecule has 0 aliphatic carbocycles. The first-order chi connectivity index (χ1) is 14.1. The number of aromatic nitrogens is 4. The zero-order valence-corrected chi connectivity index (χ0v) is 17.8. The van der Waals surface area contributed by atoms with Crippen molar-refractivity contribution < 1.29 is 0 Å². The van der Waals surface area contributed by atoms with Gasteiger partial charge in [0, 0.05) is 30.2 Å². The molecule has 0 amide bonds. The number of nitrogens with one attached hydrogen (secondary N) is 1. The Labute approximate surface area is 174 Å². The summed E-state index contributed by atoms with van der Waals surface area (Å²) in [6.45, 7) is 6.81. The molecule has 0 saturated heterocycles. The van der Waals surface area contributed by atoms with Crippen LogP contribution in [0.4, 0.5) is 5.82 Å². The first-order valence-corrected chi connectivity index (χ1v) is 10.7. The SMILES string of the molecule is Cc1cc(C)n(-c2nc(NCc3ccccc3)c3c4c(sc3n2)CN(C)CC4)n1. The quantitative estimate of drug-likeness (QED) is 0.555. The monoisotopic (exact) mass is 404 g/mol. The maximum atomic E-state index is 4.93. The molecule has 5 rings (SSSR count). The first-order valence-electron chi connectivity index (χ1n) is 9.91. The van der Waals surface area contributed by atoms with Crippen molar-refractivity contribution in [1.82, 2.24) is 24.6 Å². The van der Waals surface area contributed by atoms with Gasteiger partial charge >= 0.3 is 0 Å². The molecule has 0 unspecified atom stereocenters. The molecular formula is C22H24N6S. The Bertz CT molecular complexity index is 1180. The molecule has 148 valence electrons. The van der Waals surface area contributed by atoms with E-state index >= 15 is 0 Å². The lowest BCUT2D eigenvalue weighted by Gasteiger charge is -2.22. The lowest BCUT2D eigenvalue weighted by Crippen LogP contribution is -2.25. The molecule has 0 fully saturated rings. The van der Waals surface area contributed by atoms with Crippen LogP contribution in [-0.2, 0) is 19.5 Å². The number of likely N-dealkylation sites (N-methyl/N-ethyl adjacent to an activating group) is 1. The Morgan fingerprint density at radius 1 is 1.14 bits per heavy atom. The molecule has 6 nitrogen and oxygen atoms in total. The molecule has 0 spiro atoms. The molecule has 0 radical (unpaired) electrons.